The molecule has 2 unspecified atom stereocenters. The molecule has 0 spiro atoms. The van der Waals surface area contributed by atoms with Crippen LogP contribution >= 0.6 is 0 Å². The molecule has 2 atom stereocenters. The summed E-state index contributed by atoms with van der Waals surface area (Å²) >= 11 is 0. The minimum Gasteiger partial charge on any atom is -0.315 e. The number of piperidine rings is 1. The van der Waals surface area contributed by atoms with Crippen molar-refractivity contribution in [2.24, 2.45) is 11.8 Å². The Morgan fingerprint density at radius 3 is 2.71 bits per heavy atom. The number of fused-ring (bicyclic) bond motifs is 2. The van der Waals surface area contributed by atoms with Crippen LogP contribution in [0.25, 0.3) is 0 Å². The van der Waals surface area contributed by atoms with E-state index in [-0.39, 0.29) is 0 Å². The number of likely N-dealkylation sites (tertiary alicyclic amines) is 1. The number of hydrogen-bond donors (Lipinski definition) is 1. The first-order valence-corrected chi connectivity index (χ1v) is 6.36. The molecule has 2 bridgehead atoms. The second kappa shape index (κ2) is 3.82. The van der Waals surface area contributed by atoms with Gasteiger partial charge in [0, 0.05) is 25.7 Å². The van der Waals surface area contributed by atoms with E-state index in [0.29, 0.717) is 0 Å². The lowest BCUT2D eigenvalue weighted by atomic mass is 10.1. The third-order valence-corrected chi connectivity index (χ3v) is 4.23. The predicted octanol–water partition coefficient (Wildman–Crippen LogP) is 1.47. The summed E-state index contributed by atoms with van der Waals surface area (Å²) in [6, 6.07) is 0.961. The lowest BCUT2D eigenvalue weighted by Crippen LogP contribution is -2.37. The smallest absolute Gasteiger partial charge is 0.0110 e. The van der Waals surface area contributed by atoms with E-state index in [0.717, 1.165) is 17.9 Å². The van der Waals surface area contributed by atoms with Gasteiger partial charge in [-0.3, -0.25) is 4.90 Å². The molecule has 3 fully saturated rings. The molecule has 2 heteroatoms. The topological polar surface area (TPSA) is 15.3 Å². The standard InChI is InChI=1S/C12H22N2/c1-2-10(1)8-13-5-6-14-9-11-3-4-12(14)7-11/h10-13H,1-9H2. The molecule has 2 nitrogen and oxygen atoms in total. The van der Waals surface area contributed by atoms with E-state index >= 15 is 0 Å². The summed E-state index contributed by atoms with van der Waals surface area (Å²) < 4.78 is 0. The quantitative estimate of drug-likeness (QED) is 0.667. The first-order valence-electron chi connectivity index (χ1n) is 6.36. The molecule has 0 aromatic carbocycles. The van der Waals surface area contributed by atoms with E-state index in [2.05, 4.69) is 10.2 Å². The van der Waals surface area contributed by atoms with Crippen molar-refractivity contribution >= 4 is 0 Å². The number of rotatable bonds is 5. The largest absolute Gasteiger partial charge is 0.315 e. The molecule has 3 aliphatic rings. The molecular weight excluding hydrogens is 172 g/mol. The fourth-order valence-electron chi connectivity index (χ4n) is 3.15. The van der Waals surface area contributed by atoms with Crippen LogP contribution in [-0.4, -0.2) is 37.1 Å². The third-order valence-electron chi connectivity index (χ3n) is 4.23. The minimum absolute atomic E-state index is 0.961. The molecule has 1 saturated heterocycles. The highest BCUT2D eigenvalue weighted by Crippen LogP contribution is 2.36. The Morgan fingerprint density at radius 2 is 2.07 bits per heavy atom. The van der Waals surface area contributed by atoms with Crippen molar-refractivity contribution in [1.29, 1.82) is 0 Å². The van der Waals surface area contributed by atoms with Gasteiger partial charge < -0.3 is 5.32 Å². The Bertz CT molecular complexity index is 200. The Balaban J connectivity index is 1.32. The Labute approximate surface area is 87.0 Å². The van der Waals surface area contributed by atoms with E-state index in [4.69, 9.17) is 0 Å². The SMILES string of the molecule is C(CN1CC2CCC1C2)NCC1CC1. The van der Waals surface area contributed by atoms with Crippen LogP contribution in [0.5, 0.6) is 0 Å². The van der Waals surface area contributed by atoms with Crippen LogP contribution in [0.4, 0.5) is 0 Å². The van der Waals surface area contributed by atoms with Gasteiger partial charge in [-0.1, -0.05) is 0 Å². The van der Waals surface area contributed by atoms with Gasteiger partial charge in [0.2, 0.25) is 0 Å². The Morgan fingerprint density at radius 1 is 1.14 bits per heavy atom. The minimum atomic E-state index is 0.961. The van der Waals surface area contributed by atoms with E-state index in [1.54, 1.807) is 0 Å². The normalized spacial score (nSPS) is 36.9. The number of nitrogens with one attached hydrogen (secondary N) is 1. The molecule has 2 saturated carbocycles. The molecule has 0 radical (unpaired) electrons. The molecule has 0 aromatic rings. The summed E-state index contributed by atoms with van der Waals surface area (Å²) in [6.45, 7) is 5.20. The predicted molar refractivity (Wildman–Crippen MR) is 58.3 cm³/mol. The van der Waals surface area contributed by atoms with Crippen LogP contribution in [0.15, 0.2) is 0 Å². The Hall–Kier alpha value is -0.0800. The molecule has 0 amide bonds. The van der Waals surface area contributed by atoms with Crippen LogP contribution in [0.1, 0.15) is 32.1 Å². The molecular formula is C12H22N2. The van der Waals surface area contributed by atoms with Gasteiger partial charge in [0.25, 0.3) is 0 Å². The van der Waals surface area contributed by atoms with Gasteiger partial charge in [0.05, 0.1) is 0 Å². The monoisotopic (exact) mass is 194 g/mol. The summed E-state index contributed by atoms with van der Waals surface area (Å²) in [5.41, 5.74) is 0. The van der Waals surface area contributed by atoms with Gasteiger partial charge >= 0.3 is 0 Å². The van der Waals surface area contributed by atoms with Gasteiger partial charge in [0.1, 0.15) is 0 Å². The molecule has 3 rings (SSSR count). The van der Waals surface area contributed by atoms with Crippen molar-refractivity contribution in [3.63, 3.8) is 0 Å². The second-order valence-corrected chi connectivity index (χ2v) is 5.48. The van der Waals surface area contributed by atoms with Crippen LogP contribution in [0, 0.1) is 11.8 Å². The lowest BCUT2D eigenvalue weighted by molar-refractivity contribution is 0.214. The van der Waals surface area contributed by atoms with Crippen molar-refractivity contribution in [3.8, 4) is 0 Å². The van der Waals surface area contributed by atoms with Crippen LogP contribution in [0.2, 0.25) is 0 Å². The number of hydrogen-bond acceptors (Lipinski definition) is 2. The maximum absolute atomic E-state index is 3.59. The summed E-state index contributed by atoms with van der Waals surface area (Å²) in [4.78, 5) is 2.72. The maximum atomic E-state index is 3.59. The fraction of sp³-hybridized carbons (Fsp3) is 1.00. The van der Waals surface area contributed by atoms with Gasteiger partial charge in [-0.15, -0.1) is 0 Å². The molecule has 2 aliphatic carbocycles. The zero-order valence-corrected chi connectivity index (χ0v) is 9.04. The molecule has 14 heavy (non-hydrogen) atoms. The van der Waals surface area contributed by atoms with Crippen molar-refractivity contribution in [3.05, 3.63) is 0 Å². The third kappa shape index (κ3) is 1.96. The van der Waals surface area contributed by atoms with Gasteiger partial charge in [-0.05, 0) is 50.5 Å². The molecule has 1 aliphatic heterocycles. The van der Waals surface area contributed by atoms with E-state index in [1.165, 1.54) is 58.3 Å². The highest BCUT2D eigenvalue weighted by Gasteiger charge is 2.37. The fourth-order valence-corrected chi connectivity index (χ4v) is 3.15. The van der Waals surface area contributed by atoms with Crippen molar-refractivity contribution in [2.45, 2.75) is 38.1 Å². The van der Waals surface area contributed by atoms with Crippen molar-refractivity contribution in [2.75, 3.05) is 26.2 Å². The van der Waals surface area contributed by atoms with E-state index in [9.17, 15) is 0 Å². The first kappa shape index (κ1) is 9.17. The lowest BCUT2D eigenvalue weighted by Gasteiger charge is -2.26. The molecule has 0 aromatic heterocycles. The summed E-state index contributed by atoms with van der Waals surface area (Å²) in [7, 11) is 0. The van der Waals surface area contributed by atoms with Crippen LogP contribution < -0.4 is 5.32 Å². The van der Waals surface area contributed by atoms with Crippen molar-refractivity contribution < 1.29 is 0 Å². The average Bonchev–Trinajstić information content (AvgIpc) is 2.79. The molecule has 1 heterocycles. The number of nitrogens with zero attached hydrogens (tertiary/aromatic N) is 1. The van der Waals surface area contributed by atoms with E-state index < -0.39 is 0 Å². The summed E-state index contributed by atoms with van der Waals surface area (Å²) in [6.07, 6.45) is 7.44. The van der Waals surface area contributed by atoms with Crippen LogP contribution in [-0.2, 0) is 0 Å². The maximum Gasteiger partial charge on any atom is 0.0110 e. The van der Waals surface area contributed by atoms with Crippen LogP contribution in [0.3, 0.4) is 0 Å². The zero-order valence-electron chi connectivity index (χ0n) is 9.04. The van der Waals surface area contributed by atoms with E-state index in [1.807, 2.05) is 0 Å². The highest BCUT2D eigenvalue weighted by molar-refractivity contribution is 4.92. The van der Waals surface area contributed by atoms with Gasteiger partial charge in [0.15, 0.2) is 0 Å². The summed E-state index contributed by atoms with van der Waals surface area (Å²) in [5, 5.41) is 3.59. The average molecular weight is 194 g/mol. The molecule has 80 valence electrons. The molecule has 1 N–H and O–H groups in total. The van der Waals surface area contributed by atoms with Gasteiger partial charge in [-0.25, -0.2) is 0 Å². The highest BCUT2D eigenvalue weighted by atomic mass is 15.2. The Kier molecular flexibility index (Phi) is 2.50. The second-order valence-electron chi connectivity index (χ2n) is 5.48. The summed E-state index contributed by atoms with van der Waals surface area (Å²) in [5.74, 6) is 2.09. The zero-order chi connectivity index (χ0) is 9.38. The first-order chi connectivity index (χ1) is 6.92. The van der Waals surface area contributed by atoms with Crippen molar-refractivity contribution in [1.82, 2.24) is 10.2 Å². The van der Waals surface area contributed by atoms with Gasteiger partial charge in [-0.2, -0.15) is 0 Å².